The summed E-state index contributed by atoms with van der Waals surface area (Å²) in [6, 6.07) is 6.14. The topological polar surface area (TPSA) is 20.3 Å². The van der Waals surface area contributed by atoms with Gasteiger partial charge in [0.15, 0.2) is 0 Å². The van der Waals surface area contributed by atoms with Gasteiger partial charge in [0.25, 0.3) is 0 Å². The Bertz CT molecular complexity index is 287. The molecule has 2 nitrogen and oxygen atoms in total. The molecule has 0 aliphatic rings. The molecular weight excluding hydrogens is 162 g/mol. The van der Waals surface area contributed by atoms with Crippen LogP contribution in [0, 0.1) is 13.8 Å². The van der Waals surface area contributed by atoms with Gasteiger partial charge in [-0.2, -0.15) is 0 Å². The van der Waals surface area contributed by atoms with E-state index >= 15 is 0 Å². The molecule has 1 amide bonds. The highest BCUT2D eigenvalue weighted by atomic mass is 16.1. The third-order valence-electron chi connectivity index (χ3n) is 2.01. The molecule has 0 aromatic heterocycles. The molecule has 1 aromatic rings. The van der Waals surface area contributed by atoms with Crippen LogP contribution < -0.4 is 4.90 Å². The van der Waals surface area contributed by atoms with Crippen LogP contribution in [0.1, 0.15) is 18.1 Å². The lowest BCUT2D eigenvalue weighted by Crippen LogP contribution is -2.20. The van der Waals surface area contributed by atoms with Crippen LogP contribution >= 0.6 is 0 Å². The van der Waals surface area contributed by atoms with Crippen molar-refractivity contribution >= 4 is 12.1 Å². The summed E-state index contributed by atoms with van der Waals surface area (Å²) in [5.41, 5.74) is 3.36. The second kappa shape index (κ2) is 4.08. The molecule has 0 aliphatic carbocycles. The number of benzene rings is 1. The average Bonchev–Trinajstić information content (AvgIpc) is 2.04. The van der Waals surface area contributed by atoms with Crippen LogP contribution in [0.4, 0.5) is 5.69 Å². The maximum Gasteiger partial charge on any atom is 0.214 e. The van der Waals surface area contributed by atoms with Crippen molar-refractivity contribution in [2.24, 2.45) is 0 Å². The van der Waals surface area contributed by atoms with E-state index in [0.717, 1.165) is 12.1 Å². The Morgan fingerprint density at radius 1 is 1.23 bits per heavy atom. The lowest BCUT2D eigenvalue weighted by atomic mass is 10.1. The van der Waals surface area contributed by atoms with Crippen LogP contribution in [0.2, 0.25) is 0 Å². The molecule has 0 N–H and O–H groups in total. The second-order valence-corrected chi connectivity index (χ2v) is 3.24. The van der Waals surface area contributed by atoms with Crippen LogP contribution in [0.3, 0.4) is 0 Å². The lowest BCUT2D eigenvalue weighted by molar-refractivity contribution is -0.107. The van der Waals surface area contributed by atoms with Crippen LogP contribution in [0.5, 0.6) is 0 Å². The van der Waals surface area contributed by atoms with Gasteiger partial charge in [0, 0.05) is 12.2 Å². The summed E-state index contributed by atoms with van der Waals surface area (Å²) in [5, 5.41) is 0. The highest BCUT2D eigenvalue weighted by molar-refractivity contribution is 5.75. The third-order valence-corrected chi connectivity index (χ3v) is 2.01. The Morgan fingerprint density at radius 3 is 2.15 bits per heavy atom. The van der Waals surface area contributed by atoms with Gasteiger partial charge in [-0.25, -0.2) is 0 Å². The fraction of sp³-hybridized carbons (Fsp3) is 0.364. The third kappa shape index (κ3) is 2.31. The Balaban J connectivity index is 3.05. The van der Waals surface area contributed by atoms with Crippen LogP contribution in [-0.4, -0.2) is 13.0 Å². The number of hydrogen-bond donors (Lipinski definition) is 0. The van der Waals surface area contributed by atoms with Crippen molar-refractivity contribution in [2.75, 3.05) is 11.4 Å². The van der Waals surface area contributed by atoms with Crippen molar-refractivity contribution in [3.63, 3.8) is 0 Å². The zero-order chi connectivity index (χ0) is 9.84. The molecule has 0 aliphatic heterocycles. The molecule has 0 bridgehead atoms. The molecule has 13 heavy (non-hydrogen) atoms. The number of anilines is 1. The molecule has 0 radical (unpaired) electrons. The number of carbonyl (C=O) groups excluding carboxylic acids is 1. The van der Waals surface area contributed by atoms with Crippen molar-refractivity contribution in [3.05, 3.63) is 29.3 Å². The van der Waals surface area contributed by atoms with E-state index in [2.05, 4.69) is 6.07 Å². The van der Waals surface area contributed by atoms with E-state index in [0.29, 0.717) is 6.54 Å². The SMILES string of the molecule is CCN(C=O)c1cc(C)cc(C)c1. The number of carbonyl (C=O) groups is 1. The van der Waals surface area contributed by atoms with Gasteiger partial charge >= 0.3 is 0 Å². The predicted molar refractivity (Wildman–Crippen MR) is 55.0 cm³/mol. The van der Waals surface area contributed by atoms with Crippen molar-refractivity contribution in [1.29, 1.82) is 0 Å². The van der Waals surface area contributed by atoms with Gasteiger partial charge < -0.3 is 4.90 Å². The van der Waals surface area contributed by atoms with Gasteiger partial charge in [-0.3, -0.25) is 4.79 Å². The molecule has 0 unspecified atom stereocenters. The summed E-state index contributed by atoms with van der Waals surface area (Å²) in [6.45, 7) is 6.75. The van der Waals surface area contributed by atoms with Crippen molar-refractivity contribution in [2.45, 2.75) is 20.8 Å². The number of amides is 1. The van der Waals surface area contributed by atoms with E-state index < -0.39 is 0 Å². The predicted octanol–water partition coefficient (Wildman–Crippen LogP) is 2.29. The first-order valence-electron chi connectivity index (χ1n) is 4.47. The highest BCUT2D eigenvalue weighted by Crippen LogP contribution is 2.17. The summed E-state index contributed by atoms with van der Waals surface area (Å²) in [4.78, 5) is 12.4. The molecule has 1 rings (SSSR count). The van der Waals surface area contributed by atoms with Crippen LogP contribution in [0.25, 0.3) is 0 Å². The molecule has 0 atom stereocenters. The number of nitrogens with zero attached hydrogens (tertiary/aromatic N) is 1. The number of hydrogen-bond acceptors (Lipinski definition) is 1. The van der Waals surface area contributed by atoms with Gasteiger partial charge in [-0.15, -0.1) is 0 Å². The quantitative estimate of drug-likeness (QED) is 0.649. The van der Waals surface area contributed by atoms with Gasteiger partial charge in [0.05, 0.1) is 0 Å². The molecule has 0 fully saturated rings. The molecule has 1 aromatic carbocycles. The smallest absolute Gasteiger partial charge is 0.214 e. The summed E-state index contributed by atoms with van der Waals surface area (Å²) in [7, 11) is 0. The lowest BCUT2D eigenvalue weighted by Gasteiger charge is -2.16. The van der Waals surface area contributed by atoms with Crippen molar-refractivity contribution in [3.8, 4) is 0 Å². The molecular formula is C11H15NO. The Kier molecular flexibility index (Phi) is 3.07. The maximum atomic E-state index is 10.7. The molecule has 0 saturated carbocycles. The van der Waals surface area contributed by atoms with Gasteiger partial charge in [0.1, 0.15) is 0 Å². The average molecular weight is 177 g/mol. The molecule has 2 heteroatoms. The second-order valence-electron chi connectivity index (χ2n) is 3.24. The van der Waals surface area contributed by atoms with E-state index in [1.54, 1.807) is 4.90 Å². The van der Waals surface area contributed by atoms with Gasteiger partial charge in [-0.05, 0) is 44.0 Å². The summed E-state index contributed by atoms with van der Waals surface area (Å²) >= 11 is 0. The zero-order valence-electron chi connectivity index (χ0n) is 8.37. The van der Waals surface area contributed by atoms with E-state index in [1.807, 2.05) is 32.9 Å². The van der Waals surface area contributed by atoms with E-state index in [-0.39, 0.29) is 0 Å². The molecule has 0 saturated heterocycles. The number of rotatable bonds is 3. The minimum atomic E-state index is 0.715. The van der Waals surface area contributed by atoms with E-state index in [4.69, 9.17) is 0 Å². The van der Waals surface area contributed by atoms with Crippen LogP contribution in [-0.2, 0) is 4.79 Å². The number of aryl methyl sites for hydroxylation is 2. The molecule has 0 spiro atoms. The normalized spacial score (nSPS) is 9.77. The van der Waals surface area contributed by atoms with Gasteiger partial charge in [0.2, 0.25) is 6.41 Å². The van der Waals surface area contributed by atoms with Gasteiger partial charge in [-0.1, -0.05) is 6.07 Å². The van der Waals surface area contributed by atoms with E-state index in [1.165, 1.54) is 11.1 Å². The standard InChI is InChI=1S/C11H15NO/c1-4-12(8-13)11-6-9(2)5-10(3)7-11/h5-8H,4H2,1-3H3. The highest BCUT2D eigenvalue weighted by Gasteiger charge is 2.02. The Morgan fingerprint density at radius 2 is 1.77 bits per heavy atom. The van der Waals surface area contributed by atoms with Crippen molar-refractivity contribution in [1.82, 2.24) is 0 Å². The minimum absolute atomic E-state index is 0.715. The fourth-order valence-corrected chi connectivity index (χ4v) is 1.43. The summed E-state index contributed by atoms with van der Waals surface area (Å²) < 4.78 is 0. The zero-order valence-corrected chi connectivity index (χ0v) is 8.37. The minimum Gasteiger partial charge on any atom is -0.315 e. The maximum absolute atomic E-state index is 10.7. The summed E-state index contributed by atoms with van der Waals surface area (Å²) in [6.07, 6.45) is 0.869. The first-order chi connectivity index (χ1) is 6.17. The summed E-state index contributed by atoms with van der Waals surface area (Å²) in [5.74, 6) is 0. The Hall–Kier alpha value is -1.31. The largest absolute Gasteiger partial charge is 0.315 e. The van der Waals surface area contributed by atoms with Crippen molar-refractivity contribution < 1.29 is 4.79 Å². The molecule has 0 heterocycles. The fourth-order valence-electron chi connectivity index (χ4n) is 1.43. The van der Waals surface area contributed by atoms with Crippen LogP contribution in [0.15, 0.2) is 18.2 Å². The monoisotopic (exact) mass is 177 g/mol. The first kappa shape index (κ1) is 9.78. The van der Waals surface area contributed by atoms with E-state index in [9.17, 15) is 4.79 Å². The molecule has 70 valence electrons. The Labute approximate surface area is 79.2 Å². The first-order valence-corrected chi connectivity index (χ1v) is 4.47.